The molecule has 3 saturated heterocycles. The van der Waals surface area contributed by atoms with Crippen molar-refractivity contribution in [3.8, 4) is 0 Å². The van der Waals surface area contributed by atoms with Gasteiger partial charge < -0.3 is 18.9 Å². The van der Waals surface area contributed by atoms with Gasteiger partial charge in [0.05, 0.1) is 5.92 Å². The monoisotopic (exact) mass is 298 g/mol. The SMILES string of the molecule is CC1(C)O[C@H]2O[C@H]3[C@H](OC(=O)[C@H]3CC(=O)C(C)(C)C)[C@H]2O1. The molecular weight excluding hydrogens is 276 g/mol. The van der Waals surface area contributed by atoms with Crippen LogP contribution in [0.4, 0.5) is 0 Å². The molecule has 0 aromatic rings. The molecule has 0 N–H and O–H groups in total. The van der Waals surface area contributed by atoms with Gasteiger partial charge in [-0.2, -0.15) is 0 Å². The summed E-state index contributed by atoms with van der Waals surface area (Å²) in [6.07, 6.45) is -1.76. The van der Waals surface area contributed by atoms with Gasteiger partial charge >= 0.3 is 5.97 Å². The van der Waals surface area contributed by atoms with E-state index >= 15 is 0 Å². The molecule has 6 heteroatoms. The number of ketones is 1. The Labute approximate surface area is 124 Å². The molecule has 3 aliphatic rings. The summed E-state index contributed by atoms with van der Waals surface area (Å²) in [7, 11) is 0. The Balaban J connectivity index is 1.73. The van der Waals surface area contributed by atoms with Crippen LogP contribution in [0.3, 0.4) is 0 Å². The van der Waals surface area contributed by atoms with Gasteiger partial charge in [-0.05, 0) is 13.8 Å². The third-order valence-electron chi connectivity index (χ3n) is 4.22. The van der Waals surface area contributed by atoms with Gasteiger partial charge in [-0.15, -0.1) is 0 Å². The van der Waals surface area contributed by atoms with Gasteiger partial charge in [0, 0.05) is 11.8 Å². The third kappa shape index (κ3) is 2.49. The molecule has 0 radical (unpaired) electrons. The summed E-state index contributed by atoms with van der Waals surface area (Å²) >= 11 is 0. The molecule has 0 saturated carbocycles. The van der Waals surface area contributed by atoms with Crippen molar-refractivity contribution in [3.63, 3.8) is 0 Å². The first-order valence-electron chi connectivity index (χ1n) is 7.33. The molecule has 0 amide bonds. The Morgan fingerprint density at radius 1 is 1.14 bits per heavy atom. The van der Waals surface area contributed by atoms with Crippen LogP contribution in [0.1, 0.15) is 41.0 Å². The smallest absolute Gasteiger partial charge is 0.312 e. The predicted octanol–water partition coefficient (Wildman–Crippen LogP) is 1.41. The molecule has 3 rings (SSSR count). The van der Waals surface area contributed by atoms with Crippen LogP contribution in [0, 0.1) is 11.3 Å². The standard InChI is InChI=1S/C15H22O6/c1-14(2,3)8(16)6-7-9-10(18-12(7)17)11-13(19-9)21-15(4,5)20-11/h7,9-11,13H,6H2,1-5H3/t7-,9+,10-,11+,13+/m0/s1. The van der Waals surface area contributed by atoms with E-state index in [2.05, 4.69) is 0 Å². The summed E-state index contributed by atoms with van der Waals surface area (Å²) < 4.78 is 22.6. The number of esters is 1. The molecule has 21 heavy (non-hydrogen) atoms. The lowest BCUT2D eigenvalue weighted by Crippen LogP contribution is -2.35. The molecule has 3 heterocycles. The number of fused-ring (bicyclic) bond motifs is 3. The highest BCUT2D eigenvalue weighted by molar-refractivity contribution is 5.89. The fourth-order valence-electron chi connectivity index (χ4n) is 3.02. The summed E-state index contributed by atoms with van der Waals surface area (Å²) in [5.41, 5.74) is -0.484. The fourth-order valence-corrected chi connectivity index (χ4v) is 3.02. The van der Waals surface area contributed by atoms with Crippen LogP contribution in [0.5, 0.6) is 0 Å². The second kappa shape index (κ2) is 4.51. The number of ether oxygens (including phenoxy) is 4. The van der Waals surface area contributed by atoms with E-state index < -0.39 is 41.7 Å². The highest BCUT2D eigenvalue weighted by Gasteiger charge is 2.63. The average molecular weight is 298 g/mol. The van der Waals surface area contributed by atoms with Crippen LogP contribution in [0.2, 0.25) is 0 Å². The second-order valence-electron chi connectivity index (χ2n) is 7.45. The van der Waals surface area contributed by atoms with Gasteiger partial charge in [0.25, 0.3) is 0 Å². The summed E-state index contributed by atoms with van der Waals surface area (Å²) in [5, 5.41) is 0. The number of rotatable bonds is 2. The predicted molar refractivity (Wildman–Crippen MR) is 71.1 cm³/mol. The van der Waals surface area contributed by atoms with E-state index in [1.165, 1.54) is 0 Å². The topological polar surface area (TPSA) is 71.1 Å². The van der Waals surface area contributed by atoms with Crippen molar-refractivity contribution >= 4 is 11.8 Å². The second-order valence-corrected chi connectivity index (χ2v) is 7.45. The molecule has 0 aromatic carbocycles. The van der Waals surface area contributed by atoms with Gasteiger partial charge in [0.15, 0.2) is 24.3 Å². The molecule has 6 nitrogen and oxygen atoms in total. The van der Waals surface area contributed by atoms with E-state index in [1.54, 1.807) is 13.8 Å². The Kier molecular flexibility index (Phi) is 3.21. The lowest BCUT2D eigenvalue weighted by atomic mass is 9.83. The van der Waals surface area contributed by atoms with Crippen molar-refractivity contribution < 1.29 is 28.5 Å². The molecule has 3 aliphatic heterocycles. The van der Waals surface area contributed by atoms with Crippen LogP contribution in [0.15, 0.2) is 0 Å². The van der Waals surface area contributed by atoms with E-state index in [0.717, 1.165) is 0 Å². The third-order valence-corrected chi connectivity index (χ3v) is 4.22. The molecule has 0 aromatic heterocycles. The van der Waals surface area contributed by atoms with E-state index in [1.807, 2.05) is 20.8 Å². The lowest BCUT2D eigenvalue weighted by molar-refractivity contribution is -0.212. The van der Waals surface area contributed by atoms with E-state index in [9.17, 15) is 9.59 Å². The molecule has 0 aliphatic carbocycles. The number of hydrogen-bond donors (Lipinski definition) is 0. The Morgan fingerprint density at radius 3 is 2.43 bits per heavy atom. The van der Waals surface area contributed by atoms with E-state index in [0.29, 0.717) is 0 Å². The number of carbonyl (C=O) groups is 2. The Hall–Kier alpha value is -0.980. The molecule has 3 fully saturated rings. The number of hydrogen-bond acceptors (Lipinski definition) is 6. The normalized spacial score (nSPS) is 40.8. The van der Waals surface area contributed by atoms with E-state index in [4.69, 9.17) is 18.9 Å². The summed E-state index contributed by atoms with van der Waals surface area (Å²) in [5.74, 6) is -1.67. The largest absolute Gasteiger partial charge is 0.456 e. The maximum Gasteiger partial charge on any atom is 0.312 e. The van der Waals surface area contributed by atoms with Gasteiger partial charge in [-0.3, -0.25) is 9.59 Å². The fraction of sp³-hybridized carbons (Fsp3) is 0.867. The minimum absolute atomic E-state index is 0.0212. The lowest BCUT2D eigenvalue weighted by Gasteiger charge is -2.23. The molecule has 0 bridgehead atoms. The molecule has 0 unspecified atom stereocenters. The molecule has 5 atom stereocenters. The molecule has 118 valence electrons. The van der Waals surface area contributed by atoms with E-state index in [-0.39, 0.29) is 18.2 Å². The maximum atomic E-state index is 12.2. The van der Waals surface area contributed by atoms with Gasteiger partial charge in [-0.25, -0.2) is 0 Å². The quantitative estimate of drug-likeness (QED) is 0.718. The van der Waals surface area contributed by atoms with Gasteiger partial charge in [0.1, 0.15) is 11.9 Å². The van der Waals surface area contributed by atoms with Crippen molar-refractivity contribution in [3.05, 3.63) is 0 Å². The number of carbonyl (C=O) groups excluding carboxylic acids is 2. The van der Waals surface area contributed by atoms with Crippen LogP contribution < -0.4 is 0 Å². The highest BCUT2D eigenvalue weighted by atomic mass is 16.8. The zero-order valence-corrected chi connectivity index (χ0v) is 13.0. The zero-order valence-electron chi connectivity index (χ0n) is 13.0. The maximum absolute atomic E-state index is 12.2. The summed E-state index contributed by atoms with van der Waals surface area (Å²) in [4.78, 5) is 24.2. The van der Waals surface area contributed by atoms with Crippen LogP contribution >= 0.6 is 0 Å². The van der Waals surface area contributed by atoms with Crippen molar-refractivity contribution in [2.24, 2.45) is 11.3 Å². The Morgan fingerprint density at radius 2 is 1.81 bits per heavy atom. The minimum Gasteiger partial charge on any atom is -0.456 e. The first-order chi connectivity index (χ1) is 9.58. The van der Waals surface area contributed by atoms with Crippen LogP contribution in [-0.4, -0.2) is 42.1 Å². The molecular formula is C15H22O6. The van der Waals surface area contributed by atoms with Gasteiger partial charge in [0.2, 0.25) is 0 Å². The van der Waals surface area contributed by atoms with Crippen molar-refractivity contribution in [2.75, 3.05) is 0 Å². The summed E-state index contributed by atoms with van der Waals surface area (Å²) in [6.45, 7) is 9.10. The van der Waals surface area contributed by atoms with Crippen LogP contribution in [0.25, 0.3) is 0 Å². The van der Waals surface area contributed by atoms with Crippen molar-refractivity contribution in [1.29, 1.82) is 0 Å². The highest BCUT2D eigenvalue weighted by Crippen LogP contribution is 2.45. The average Bonchev–Trinajstić information content (AvgIpc) is 2.87. The van der Waals surface area contributed by atoms with Crippen LogP contribution in [-0.2, 0) is 28.5 Å². The zero-order chi connectivity index (χ0) is 15.6. The minimum atomic E-state index is -0.744. The first-order valence-corrected chi connectivity index (χ1v) is 7.33. The number of Topliss-reactive ketones (excluding diaryl/α,β-unsaturated/α-hetero) is 1. The Bertz CT molecular complexity index is 477. The van der Waals surface area contributed by atoms with Crippen molar-refractivity contribution in [1.82, 2.24) is 0 Å². The first kappa shape index (κ1) is 14.9. The van der Waals surface area contributed by atoms with Gasteiger partial charge in [-0.1, -0.05) is 20.8 Å². The summed E-state index contributed by atoms with van der Waals surface area (Å²) in [6, 6.07) is 0. The molecule has 0 spiro atoms. The van der Waals surface area contributed by atoms with Crippen molar-refractivity contribution in [2.45, 2.75) is 71.4 Å².